The number of carbonyl (C=O) groups excluding carboxylic acids is 1. The number of pyridine rings is 1. The predicted octanol–water partition coefficient (Wildman–Crippen LogP) is 1.91. The molecule has 0 spiro atoms. The number of anilines is 1. The Morgan fingerprint density at radius 1 is 1.50 bits per heavy atom. The van der Waals surface area contributed by atoms with Gasteiger partial charge in [-0.05, 0) is 43.6 Å². The summed E-state index contributed by atoms with van der Waals surface area (Å²) in [6.07, 6.45) is 3.23. The summed E-state index contributed by atoms with van der Waals surface area (Å²) in [7, 11) is 0. The first-order chi connectivity index (χ1) is 9.15. The molecule has 0 aliphatic heterocycles. The number of aromatic nitrogens is 1. The van der Waals surface area contributed by atoms with Gasteiger partial charge in [0.25, 0.3) is 0 Å². The quantitative estimate of drug-likeness (QED) is 0.779. The van der Waals surface area contributed by atoms with Gasteiger partial charge in [0, 0.05) is 18.9 Å². The summed E-state index contributed by atoms with van der Waals surface area (Å²) in [5, 5.41) is 14.9. The van der Waals surface area contributed by atoms with Gasteiger partial charge in [-0.2, -0.15) is 0 Å². The lowest BCUT2D eigenvalue weighted by Gasteiger charge is -2.26. The van der Waals surface area contributed by atoms with Crippen LogP contribution < -0.4 is 16.1 Å². The van der Waals surface area contributed by atoms with E-state index >= 15 is 0 Å². The molecule has 0 radical (unpaired) electrons. The second-order valence-electron chi connectivity index (χ2n) is 5.15. The van der Waals surface area contributed by atoms with Crippen LogP contribution in [0.4, 0.5) is 10.5 Å². The van der Waals surface area contributed by atoms with E-state index in [9.17, 15) is 14.7 Å². The second-order valence-corrected chi connectivity index (χ2v) is 6.01. The van der Waals surface area contributed by atoms with Gasteiger partial charge in [-0.15, -0.1) is 0 Å². The molecule has 0 bridgehead atoms. The third kappa shape index (κ3) is 4.35. The fourth-order valence-electron chi connectivity index (χ4n) is 1.40. The van der Waals surface area contributed by atoms with Crippen LogP contribution in [0, 0.1) is 0 Å². The van der Waals surface area contributed by atoms with E-state index in [-0.39, 0.29) is 11.1 Å². The lowest BCUT2D eigenvalue weighted by atomic mass is 10.0. The molecule has 112 valence electrons. The average Bonchev–Trinajstić information content (AvgIpc) is 2.33. The number of nitrogens with zero attached hydrogens (tertiary/aromatic N) is 1. The van der Waals surface area contributed by atoms with Gasteiger partial charge < -0.3 is 20.3 Å². The van der Waals surface area contributed by atoms with Gasteiger partial charge in [0.1, 0.15) is 5.69 Å². The zero-order valence-corrected chi connectivity index (χ0v) is 13.6. The summed E-state index contributed by atoms with van der Waals surface area (Å²) >= 11 is 3.17. The van der Waals surface area contributed by atoms with Crippen molar-refractivity contribution in [1.29, 1.82) is 0 Å². The number of rotatable bonds is 4. The molecule has 2 amide bonds. The van der Waals surface area contributed by atoms with E-state index in [1.165, 1.54) is 0 Å². The van der Waals surface area contributed by atoms with Crippen molar-refractivity contribution in [2.45, 2.75) is 45.9 Å². The van der Waals surface area contributed by atoms with Crippen LogP contribution in [0.1, 0.15) is 27.7 Å². The van der Waals surface area contributed by atoms with Crippen molar-refractivity contribution < 1.29 is 9.90 Å². The topological polar surface area (TPSA) is 83.4 Å². The van der Waals surface area contributed by atoms with Crippen molar-refractivity contribution in [3.05, 3.63) is 27.1 Å². The van der Waals surface area contributed by atoms with Crippen LogP contribution in [0.2, 0.25) is 0 Å². The smallest absolute Gasteiger partial charge is 0.319 e. The largest absolute Gasteiger partial charge is 0.388 e. The number of urea groups is 1. The Kier molecular flexibility index (Phi) is 5.35. The molecule has 3 N–H and O–H groups in total. The Balaban J connectivity index is 2.86. The third-order valence-corrected chi connectivity index (χ3v) is 3.62. The van der Waals surface area contributed by atoms with Crippen molar-refractivity contribution in [2.75, 3.05) is 5.32 Å². The van der Waals surface area contributed by atoms with Crippen molar-refractivity contribution >= 4 is 27.6 Å². The molecule has 0 saturated carbocycles. The number of hydrogen-bond donors (Lipinski definition) is 3. The maximum absolute atomic E-state index is 11.9. The molecule has 1 heterocycles. The van der Waals surface area contributed by atoms with Crippen molar-refractivity contribution in [1.82, 2.24) is 9.88 Å². The van der Waals surface area contributed by atoms with E-state index in [1.807, 2.05) is 6.92 Å². The highest BCUT2D eigenvalue weighted by Gasteiger charge is 2.24. The van der Waals surface area contributed by atoms with Gasteiger partial charge in [0.2, 0.25) is 5.43 Å². The Bertz CT molecular complexity index is 549. The number of amides is 2. The van der Waals surface area contributed by atoms with Gasteiger partial charge in [-0.3, -0.25) is 4.79 Å². The summed E-state index contributed by atoms with van der Waals surface area (Å²) in [4.78, 5) is 23.7. The molecule has 0 fully saturated rings. The van der Waals surface area contributed by atoms with E-state index in [4.69, 9.17) is 0 Å². The molecular formula is C13H20BrN3O3. The Morgan fingerprint density at radius 3 is 2.60 bits per heavy atom. The van der Waals surface area contributed by atoms with Gasteiger partial charge in [-0.1, -0.05) is 0 Å². The van der Waals surface area contributed by atoms with Crippen LogP contribution in [-0.4, -0.2) is 27.3 Å². The molecule has 1 aromatic rings. The van der Waals surface area contributed by atoms with Crippen molar-refractivity contribution in [3.8, 4) is 0 Å². The van der Waals surface area contributed by atoms with Crippen molar-refractivity contribution in [3.63, 3.8) is 0 Å². The Morgan fingerprint density at radius 2 is 2.10 bits per heavy atom. The highest BCUT2D eigenvalue weighted by atomic mass is 79.9. The lowest BCUT2D eigenvalue weighted by Crippen LogP contribution is -2.48. The van der Waals surface area contributed by atoms with Crippen LogP contribution in [0.25, 0.3) is 0 Å². The molecule has 6 nitrogen and oxygen atoms in total. The highest BCUT2D eigenvalue weighted by Crippen LogP contribution is 2.10. The molecule has 7 heteroatoms. The fraction of sp³-hybridized carbons (Fsp3) is 0.538. The predicted molar refractivity (Wildman–Crippen MR) is 82.0 cm³/mol. The molecule has 0 aliphatic carbocycles. The third-order valence-electron chi connectivity index (χ3n) is 3.06. The molecular weight excluding hydrogens is 326 g/mol. The zero-order chi connectivity index (χ0) is 15.5. The Hall–Kier alpha value is -1.34. The number of nitrogens with one attached hydrogen (secondary N) is 2. The monoisotopic (exact) mass is 345 g/mol. The summed E-state index contributed by atoms with van der Waals surface area (Å²) in [5.41, 5.74) is -1.15. The average molecular weight is 346 g/mol. The number of hydrogen-bond acceptors (Lipinski definition) is 3. The normalized spacial score (nSPS) is 12.9. The molecule has 0 unspecified atom stereocenters. The minimum Gasteiger partial charge on any atom is -0.388 e. The van der Waals surface area contributed by atoms with E-state index in [2.05, 4.69) is 26.6 Å². The van der Waals surface area contributed by atoms with Crippen LogP contribution in [0.5, 0.6) is 0 Å². The molecule has 0 aliphatic rings. The first-order valence-electron chi connectivity index (χ1n) is 6.34. The first-order valence-corrected chi connectivity index (χ1v) is 7.14. The van der Waals surface area contributed by atoms with Crippen molar-refractivity contribution in [2.24, 2.45) is 0 Å². The minimum atomic E-state index is -1.04. The standard InChI is InChI=1S/C13H20BrN3O3/c1-5-17-6-9(14)11(18)10(7-17)16-12(19)15-8(2)13(3,4)20/h6-8,20H,5H2,1-4H3,(H2,15,16,19)/t8-/m0/s1. The van der Waals surface area contributed by atoms with Crippen LogP contribution in [0.15, 0.2) is 21.7 Å². The molecule has 0 saturated heterocycles. The van der Waals surface area contributed by atoms with E-state index < -0.39 is 17.7 Å². The maximum atomic E-state index is 11.9. The van der Waals surface area contributed by atoms with Crippen LogP contribution in [-0.2, 0) is 6.54 Å². The van der Waals surface area contributed by atoms with Crippen LogP contribution in [0.3, 0.4) is 0 Å². The summed E-state index contributed by atoms with van der Waals surface area (Å²) in [5.74, 6) is 0. The summed E-state index contributed by atoms with van der Waals surface area (Å²) in [6.45, 7) is 7.49. The minimum absolute atomic E-state index is 0.182. The molecule has 1 rings (SSSR count). The zero-order valence-electron chi connectivity index (χ0n) is 12.0. The lowest BCUT2D eigenvalue weighted by molar-refractivity contribution is 0.0486. The molecule has 0 aromatic carbocycles. The number of halogens is 1. The number of aliphatic hydroxyl groups is 1. The maximum Gasteiger partial charge on any atom is 0.319 e. The Labute approximate surface area is 126 Å². The summed E-state index contributed by atoms with van der Waals surface area (Å²) in [6, 6.07) is -0.986. The molecule has 1 aromatic heterocycles. The van der Waals surface area contributed by atoms with Gasteiger partial charge in [-0.25, -0.2) is 4.79 Å². The van der Waals surface area contributed by atoms with Gasteiger partial charge >= 0.3 is 6.03 Å². The van der Waals surface area contributed by atoms with Crippen LogP contribution >= 0.6 is 15.9 Å². The first kappa shape index (κ1) is 16.7. The summed E-state index contributed by atoms with van der Waals surface area (Å²) < 4.78 is 2.16. The van der Waals surface area contributed by atoms with Gasteiger partial charge in [0.05, 0.1) is 16.1 Å². The number of aryl methyl sites for hydroxylation is 1. The van der Waals surface area contributed by atoms with E-state index in [1.54, 1.807) is 37.7 Å². The van der Waals surface area contributed by atoms with E-state index in [0.29, 0.717) is 11.0 Å². The SMILES string of the molecule is CCn1cc(Br)c(=O)c(NC(=O)N[C@@H](C)C(C)(C)O)c1. The second kappa shape index (κ2) is 6.41. The van der Waals surface area contributed by atoms with E-state index in [0.717, 1.165) is 0 Å². The molecule has 1 atom stereocenters. The number of carbonyl (C=O) groups is 1. The fourth-order valence-corrected chi connectivity index (χ4v) is 1.87. The van der Waals surface area contributed by atoms with Gasteiger partial charge in [0.15, 0.2) is 0 Å². The highest BCUT2D eigenvalue weighted by molar-refractivity contribution is 9.10. The molecule has 20 heavy (non-hydrogen) atoms.